The topological polar surface area (TPSA) is 34.1 Å². The third-order valence-corrected chi connectivity index (χ3v) is 8.62. The first-order chi connectivity index (χ1) is 14.7. The fraction of sp³-hybridized carbons (Fsp3) is 0.586. The van der Waals surface area contributed by atoms with E-state index in [0.29, 0.717) is 0 Å². The predicted molar refractivity (Wildman–Crippen MR) is 137 cm³/mol. The number of rotatable bonds is 0. The van der Waals surface area contributed by atoms with Crippen molar-refractivity contribution in [3.63, 3.8) is 0 Å². The van der Waals surface area contributed by atoms with Gasteiger partial charge in [0.15, 0.2) is 9.84 Å². The minimum atomic E-state index is -3.30. The molecule has 0 N–H and O–H groups in total. The number of sulfone groups is 1. The van der Waals surface area contributed by atoms with Gasteiger partial charge in [0.1, 0.15) is 0 Å². The van der Waals surface area contributed by atoms with Crippen LogP contribution in [-0.2, 0) is 45.0 Å². The third kappa shape index (κ3) is 5.84. The number of hydrogen-bond donors (Lipinski definition) is 0. The van der Waals surface area contributed by atoms with Gasteiger partial charge in [-0.15, -0.1) is 0 Å². The van der Waals surface area contributed by atoms with Crippen LogP contribution < -0.4 is 0 Å². The maximum atomic E-state index is 13.5. The molecule has 2 nitrogen and oxygen atoms in total. The highest BCUT2D eigenvalue weighted by atomic mass is 32.2. The van der Waals surface area contributed by atoms with E-state index >= 15 is 0 Å². The molecule has 3 rings (SSSR count). The molecule has 32 heavy (non-hydrogen) atoms. The van der Waals surface area contributed by atoms with Gasteiger partial charge in [-0.05, 0) is 94.9 Å². The molecule has 1 aliphatic heterocycles. The molecule has 3 heteroatoms. The Morgan fingerprint density at radius 3 is 1.28 bits per heavy atom. The van der Waals surface area contributed by atoms with Gasteiger partial charge >= 0.3 is 0 Å². The Kier molecular flexibility index (Phi) is 7.01. The zero-order valence-corrected chi connectivity index (χ0v) is 22.3. The van der Waals surface area contributed by atoms with E-state index in [0.717, 1.165) is 36.8 Å². The molecule has 1 aliphatic rings. The molecule has 0 saturated carbocycles. The number of aryl methyl sites for hydroxylation is 2. The molecule has 0 unspecified atom stereocenters. The SMILES string of the molecule is Cc1c2cc(C(C)(C)C)cc1CS(=O)(=O)Cc1cc(C(C)(C)C)cc(c1C)CCCCC2. The van der Waals surface area contributed by atoms with Crippen LogP contribution in [0.25, 0.3) is 0 Å². The zero-order valence-electron chi connectivity index (χ0n) is 21.5. The Morgan fingerprint density at radius 1 is 0.594 bits per heavy atom. The maximum absolute atomic E-state index is 13.5. The van der Waals surface area contributed by atoms with Crippen LogP contribution in [0, 0.1) is 13.8 Å². The van der Waals surface area contributed by atoms with E-state index in [9.17, 15) is 8.42 Å². The second kappa shape index (κ2) is 8.97. The van der Waals surface area contributed by atoms with Crippen LogP contribution in [0.3, 0.4) is 0 Å². The average Bonchev–Trinajstić information content (AvgIpc) is 2.64. The Hall–Kier alpha value is -1.61. The molecule has 2 aromatic carbocycles. The van der Waals surface area contributed by atoms with Gasteiger partial charge in [0.2, 0.25) is 0 Å². The molecular formula is C29H42O2S. The Morgan fingerprint density at radius 2 is 0.938 bits per heavy atom. The molecule has 0 radical (unpaired) electrons. The molecule has 0 atom stereocenters. The van der Waals surface area contributed by atoms with Crippen LogP contribution >= 0.6 is 0 Å². The summed E-state index contributed by atoms with van der Waals surface area (Å²) in [7, 11) is -3.30. The highest BCUT2D eigenvalue weighted by molar-refractivity contribution is 7.89. The lowest BCUT2D eigenvalue weighted by atomic mass is 9.82. The third-order valence-electron chi connectivity index (χ3n) is 7.12. The van der Waals surface area contributed by atoms with Crippen molar-refractivity contribution in [1.29, 1.82) is 0 Å². The van der Waals surface area contributed by atoms with E-state index < -0.39 is 9.84 Å². The molecule has 4 bridgehead atoms. The first-order valence-electron chi connectivity index (χ1n) is 12.1. The molecule has 0 amide bonds. The summed E-state index contributed by atoms with van der Waals surface area (Å²) in [6.07, 6.45) is 5.53. The van der Waals surface area contributed by atoms with Crippen molar-refractivity contribution in [3.8, 4) is 0 Å². The zero-order chi connectivity index (χ0) is 23.9. The normalized spacial score (nSPS) is 17.6. The van der Waals surface area contributed by atoms with E-state index in [4.69, 9.17) is 0 Å². The van der Waals surface area contributed by atoms with Gasteiger partial charge in [0.05, 0.1) is 11.5 Å². The van der Waals surface area contributed by atoms with Crippen LogP contribution in [0.2, 0.25) is 0 Å². The van der Waals surface area contributed by atoms with Gasteiger partial charge in [-0.25, -0.2) is 8.42 Å². The molecule has 1 heterocycles. The summed E-state index contributed by atoms with van der Waals surface area (Å²) < 4.78 is 27.0. The van der Waals surface area contributed by atoms with Gasteiger partial charge in [-0.1, -0.05) is 72.2 Å². The molecular weight excluding hydrogens is 412 g/mol. The van der Waals surface area contributed by atoms with Gasteiger partial charge in [0, 0.05) is 0 Å². The maximum Gasteiger partial charge on any atom is 0.158 e. The molecule has 0 saturated heterocycles. The standard InChI is InChI=1S/C29H42O2S/c1-20-22-12-10-9-11-13-23-15-27(29(6,7)8)17-25(21(23)2)19-32(30,31)18-24(20)16-26(14-22)28(3,4)5/h14-17H,9-13,18-19H2,1-8H3. The summed E-state index contributed by atoms with van der Waals surface area (Å²) in [4.78, 5) is 0. The monoisotopic (exact) mass is 454 g/mol. The van der Waals surface area contributed by atoms with Crippen LogP contribution in [0.4, 0.5) is 0 Å². The lowest BCUT2D eigenvalue weighted by Gasteiger charge is -2.25. The van der Waals surface area contributed by atoms with Crippen LogP contribution in [0.1, 0.15) is 105 Å². The lowest BCUT2D eigenvalue weighted by molar-refractivity contribution is 0.582. The molecule has 0 aromatic heterocycles. The van der Waals surface area contributed by atoms with Gasteiger partial charge in [-0.3, -0.25) is 0 Å². The van der Waals surface area contributed by atoms with Crippen molar-refractivity contribution in [2.75, 3.05) is 0 Å². The van der Waals surface area contributed by atoms with Crippen molar-refractivity contribution in [3.05, 3.63) is 68.8 Å². The smallest absolute Gasteiger partial charge is 0.158 e. The van der Waals surface area contributed by atoms with Gasteiger partial charge in [-0.2, -0.15) is 0 Å². The van der Waals surface area contributed by atoms with Crippen LogP contribution in [0.5, 0.6) is 0 Å². The first-order valence-corrected chi connectivity index (χ1v) is 14.0. The quantitative estimate of drug-likeness (QED) is 0.419. The largest absolute Gasteiger partial charge is 0.228 e. The average molecular weight is 455 g/mol. The summed E-state index contributed by atoms with van der Waals surface area (Å²) >= 11 is 0. The van der Waals surface area contributed by atoms with E-state index in [-0.39, 0.29) is 22.3 Å². The summed E-state index contributed by atoms with van der Waals surface area (Å²) in [6, 6.07) is 8.93. The van der Waals surface area contributed by atoms with E-state index in [1.165, 1.54) is 39.8 Å². The second-order valence-corrected chi connectivity index (χ2v) is 14.0. The van der Waals surface area contributed by atoms with Crippen molar-refractivity contribution in [2.45, 2.75) is 110 Å². The van der Waals surface area contributed by atoms with Gasteiger partial charge < -0.3 is 0 Å². The van der Waals surface area contributed by atoms with Crippen molar-refractivity contribution < 1.29 is 8.42 Å². The highest BCUT2D eigenvalue weighted by Crippen LogP contribution is 2.32. The summed E-state index contributed by atoms with van der Waals surface area (Å²) in [5.74, 6) is 0.231. The fourth-order valence-corrected chi connectivity index (χ4v) is 6.35. The van der Waals surface area contributed by atoms with E-state index in [2.05, 4.69) is 79.7 Å². The molecule has 2 aromatic rings. The Balaban J connectivity index is 2.13. The summed E-state index contributed by atoms with van der Waals surface area (Å²) in [5, 5.41) is 0. The summed E-state index contributed by atoms with van der Waals surface area (Å²) in [5.41, 5.74) is 9.42. The van der Waals surface area contributed by atoms with Crippen LogP contribution in [-0.4, -0.2) is 8.42 Å². The minimum Gasteiger partial charge on any atom is -0.228 e. The molecule has 0 fully saturated rings. The highest BCUT2D eigenvalue weighted by Gasteiger charge is 2.24. The lowest BCUT2D eigenvalue weighted by Crippen LogP contribution is -2.17. The minimum absolute atomic E-state index is 0.00106. The van der Waals surface area contributed by atoms with E-state index in [1.54, 1.807) is 0 Å². The molecule has 0 aliphatic carbocycles. The van der Waals surface area contributed by atoms with Crippen molar-refractivity contribution in [2.24, 2.45) is 0 Å². The van der Waals surface area contributed by atoms with Gasteiger partial charge in [0.25, 0.3) is 0 Å². The molecule has 0 spiro atoms. The number of benzene rings is 2. The van der Waals surface area contributed by atoms with Crippen molar-refractivity contribution in [1.82, 2.24) is 0 Å². The predicted octanol–water partition coefficient (Wildman–Crippen LogP) is 7.28. The first kappa shape index (κ1) is 25.0. The summed E-state index contributed by atoms with van der Waals surface area (Å²) in [6.45, 7) is 17.5. The Bertz CT molecular complexity index is 1010. The van der Waals surface area contributed by atoms with Crippen LogP contribution in [0.15, 0.2) is 24.3 Å². The van der Waals surface area contributed by atoms with Crippen molar-refractivity contribution >= 4 is 9.84 Å². The Labute approximate surface area is 196 Å². The molecule has 176 valence electrons. The second-order valence-electron chi connectivity index (χ2n) is 11.9. The number of hydrogen-bond acceptors (Lipinski definition) is 2. The fourth-order valence-electron chi connectivity index (χ4n) is 4.70. The number of fused-ring (bicyclic) bond motifs is 4. The van der Waals surface area contributed by atoms with E-state index in [1.807, 2.05) is 0 Å².